The molecule has 0 heterocycles. The van der Waals surface area contributed by atoms with Gasteiger partial charge in [0.15, 0.2) is 0 Å². The molecule has 0 unspecified atom stereocenters. The van der Waals surface area contributed by atoms with E-state index in [9.17, 15) is 0 Å². The second-order valence-electron chi connectivity index (χ2n) is 1.49. The van der Waals surface area contributed by atoms with Crippen LogP contribution in [0.3, 0.4) is 0 Å². The molecule has 1 aromatic rings. The van der Waals surface area contributed by atoms with Crippen molar-refractivity contribution in [1.29, 1.82) is 0 Å². The number of aromatic hydroxyl groups is 1. The second kappa shape index (κ2) is 4.23. The van der Waals surface area contributed by atoms with Crippen LogP contribution >= 0.6 is 12.6 Å². The van der Waals surface area contributed by atoms with Gasteiger partial charge >= 0.3 is 29.6 Å². The minimum atomic E-state index is 0. The summed E-state index contributed by atoms with van der Waals surface area (Å²) in [7, 11) is 0. The summed E-state index contributed by atoms with van der Waals surface area (Å²) in [5.41, 5.74) is 0. The molecule has 0 atom stereocenters. The van der Waals surface area contributed by atoms with E-state index in [1.165, 1.54) is 0 Å². The fourth-order valence-electron chi connectivity index (χ4n) is 0.464. The zero-order valence-electron chi connectivity index (χ0n) is 6.20. The maximum Gasteiger partial charge on any atom is 1.00 e. The third-order valence-electron chi connectivity index (χ3n) is 0.882. The van der Waals surface area contributed by atoms with Crippen molar-refractivity contribution in [3.8, 4) is 5.75 Å². The Morgan fingerprint density at radius 2 is 1.89 bits per heavy atom. The molecular weight excluding hydrogens is 143 g/mol. The summed E-state index contributed by atoms with van der Waals surface area (Å²) in [5.74, 6) is 0.232. The van der Waals surface area contributed by atoms with E-state index in [1.54, 1.807) is 18.2 Å². The van der Waals surface area contributed by atoms with Crippen LogP contribution in [-0.4, -0.2) is 5.11 Å². The first-order valence-electron chi connectivity index (χ1n) is 2.27. The van der Waals surface area contributed by atoms with Crippen molar-refractivity contribution in [1.82, 2.24) is 0 Å². The van der Waals surface area contributed by atoms with Crippen molar-refractivity contribution in [2.24, 2.45) is 0 Å². The molecule has 0 amide bonds. The summed E-state index contributed by atoms with van der Waals surface area (Å²) in [6.45, 7) is 0. The number of para-hydroxylation sites is 1. The molecule has 0 aliphatic heterocycles. The zero-order chi connectivity index (χ0) is 5.98. The van der Waals surface area contributed by atoms with Crippen LogP contribution < -0.4 is 29.6 Å². The molecule has 0 fully saturated rings. The van der Waals surface area contributed by atoms with E-state index < -0.39 is 0 Å². The number of hydrogen-bond donors (Lipinski definition) is 2. The van der Waals surface area contributed by atoms with Crippen LogP contribution in [-0.2, 0) is 0 Å². The van der Waals surface area contributed by atoms with E-state index in [-0.39, 0.29) is 36.7 Å². The van der Waals surface area contributed by atoms with Crippen molar-refractivity contribution >= 4 is 12.6 Å². The molecule has 0 bridgehead atoms. The molecule has 0 aromatic heterocycles. The number of thiol groups is 1. The minimum Gasteiger partial charge on any atom is -1.00 e. The van der Waals surface area contributed by atoms with Gasteiger partial charge in [-0.15, -0.1) is 12.6 Å². The van der Waals surface area contributed by atoms with Crippen LogP contribution in [0.15, 0.2) is 29.2 Å². The van der Waals surface area contributed by atoms with Gasteiger partial charge in [0, 0.05) is 4.90 Å². The third-order valence-corrected chi connectivity index (χ3v) is 1.26. The van der Waals surface area contributed by atoms with Gasteiger partial charge in [0.1, 0.15) is 5.75 Å². The van der Waals surface area contributed by atoms with Gasteiger partial charge in [-0.2, -0.15) is 0 Å². The monoisotopic (exact) mass is 150 g/mol. The fraction of sp³-hybridized carbons (Fsp3) is 0. The number of rotatable bonds is 0. The molecule has 3 heteroatoms. The Morgan fingerprint density at radius 1 is 1.33 bits per heavy atom. The summed E-state index contributed by atoms with van der Waals surface area (Å²) >= 11 is 3.95. The average Bonchev–Trinajstić information content (AvgIpc) is 1.77. The molecule has 0 radical (unpaired) electrons. The topological polar surface area (TPSA) is 20.2 Å². The first kappa shape index (κ1) is 9.37. The van der Waals surface area contributed by atoms with Gasteiger partial charge < -0.3 is 6.53 Å². The minimum absolute atomic E-state index is 0. The first-order valence-corrected chi connectivity index (χ1v) is 2.72. The summed E-state index contributed by atoms with van der Waals surface area (Å²) in [6, 6.07) is 6.91. The molecule has 0 saturated carbocycles. The normalized spacial score (nSPS) is 8.11. The van der Waals surface area contributed by atoms with E-state index in [4.69, 9.17) is 5.11 Å². The maximum atomic E-state index is 8.84. The van der Waals surface area contributed by atoms with Crippen LogP contribution in [0, 0.1) is 0 Å². The first-order chi connectivity index (χ1) is 3.80. The summed E-state index contributed by atoms with van der Waals surface area (Å²) < 4.78 is 0. The number of phenolic OH excluding ortho intramolecular Hbond substituents is 1. The van der Waals surface area contributed by atoms with Crippen LogP contribution in [0.4, 0.5) is 0 Å². The quantitative estimate of drug-likeness (QED) is 0.351. The number of hydrogen-bond acceptors (Lipinski definition) is 2. The van der Waals surface area contributed by atoms with E-state index in [0.717, 1.165) is 0 Å². The van der Waals surface area contributed by atoms with Gasteiger partial charge in [-0.1, -0.05) is 12.1 Å². The summed E-state index contributed by atoms with van der Waals surface area (Å²) in [4.78, 5) is 0.618. The van der Waals surface area contributed by atoms with Gasteiger partial charge in [-0.05, 0) is 12.1 Å². The van der Waals surface area contributed by atoms with Crippen LogP contribution in [0.1, 0.15) is 1.43 Å². The predicted octanol–water partition coefficient (Wildman–Crippen LogP) is -1.20. The second-order valence-corrected chi connectivity index (χ2v) is 1.97. The SMILES string of the molecule is Oc1ccccc1S.[H-].[Na+]. The van der Waals surface area contributed by atoms with Crippen molar-refractivity contribution in [2.45, 2.75) is 4.90 Å². The molecule has 1 rings (SSSR count). The predicted molar refractivity (Wildman–Crippen MR) is 36.5 cm³/mol. The standard InChI is InChI=1S/C6H6OS.Na.H/c7-5-3-1-2-4-6(5)8;;/h1-4,7-8H;;/q;+1;-1. The van der Waals surface area contributed by atoms with Gasteiger partial charge in [0.05, 0.1) is 0 Å². The molecule has 0 aliphatic carbocycles. The van der Waals surface area contributed by atoms with Gasteiger partial charge in [0.25, 0.3) is 0 Å². The van der Waals surface area contributed by atoms with Crippen LogP contribution in [0.5, 0.6) is 5.75 Å². The Kier molecular flexibility index (Phi) is 4.40. The molecule has 1 aromatic carbocycles. The van der Waals surface area contributed by atoms with E-state index in [1.807, 2.05) is 6.07 Å². The van der Waals surface area contributed by atoms with Crippen LogP contribution in [0.25, 0.3) is 0 Å². The molecule has 1 nitrogen and oxygen atoms in total. The Hall–Kier alpha value is 0.370. The Labute approximate surface area is 83.3 Å². The van der Waals surface area contributed by atoms with Crippen molar-refractivity contribution in [3.05, 3.63) is 24.3 Å². The molecule has 0 spiro atoms. The maximum absolute atomic E-state index is 8.84. The Balaban J connectivity index is 0. The largest absolute Gasteiger partial charge is 1.00 e. The number of phenols is 1. The van der Waals surface area contributed by atoms with E-state index in [2.05, 4.69) is 12.6 Å². The van der Waals surface area contributed by atoms with Crippen molar-refractivity contribution in [3.63, 3.8) is 0 Å². The van der Waals surface area contributed by atoms with E-state index in [0.29, 0.717) is 4.90 Å². The molecule has 1 N–H and O–H groups in total. The van der Waals surface area contributed by atoms with Crippen molar-refractivity contribution in [2.75, 3.05) is 0 Å². The van der Waals surface area contributed by atoms with Crippen molar-refractivity contribution < 1.29 is 36.1 Å². The van der Waals surface area contributed by atoms with Gasteiger partial charge in [-0.3, -0.25) is 0 Å². The molecule has 0 saturated heterocycles. The van der Waals surface area contributed by atoms with Gasteiger partial charge in [0.2, 0.25) is 0 Å². The number of benzene rings is 1. The fourth-order valence-corrected chi connectivity index (χ4v) is 0.625. The zero-order valence-corrected chi connectivity index (χ0v) is 8.10. The summed E-state index contributed by atoms with van der Waals surface area (Å²) in [5, 5.41) is 8.84. The molecule has 9 heavy (non-hydrogen) atoms. The Morgan fingerprint density at radius 3 is 2.22 bits per heavy atom. The molecule has 0 aliphatic rings. The van der Waals surface area contributed by atoms with Gasteiger partial charge in [-0.25, -0.2) is 0 Å². The van der Waals surface area contributed by atoms with E-state index >= 15 is 0 Å². The molecular formula is C6H7NaOS. The summed E-state index contributed by atoms with van der Waals surface area (Å²) in [6.07, 6.45) is 0. The Bertz CT molecular complexity index is 174. The smallest absolute Gasteiger partial charge is 1.00 e. The average molecular weight is 150 g/mol. The third kappa shape index (κ3) is 2.63. The molecule has 44 valence electrons. The van der Waals surface area contributed by atoms with Crippen LogP contribution in [0.2, 0.25) is 0 Å².